The minimum absolute atomic E-state index is 0. The van der Waals surface area contributed by atoms with Crippen LogP contribution in [0.2, 0.25) is 0 Å². The van der Waals surface area contributed by atoms with Crippen LogP contribution in [0.1, 0.15) is 40.0 Å². The third-order valence-corrected chi connectivity index (χ3v) is 7.14. The normalized spacial score (nSPS) is 12.5. The lowest BCUT2D eigenvalue weighted by atomic mass is 9.95. The molecule has 0 aliphatic rings. The summed E-state index contributed by atoms with van der Waals surface area (Å²) in [5.41, 5.74) is 4.59. The molecule has 0 saturated carbocycles. The van der Waals surface area contributed by atoms with Gasteiger partial charge in [-0.2, -0.15) is 0 Å². The van der Waals surface area contributed by atoms with E-state index in [1.807, 2.05) is 13.8 Å². The molecule has 0 heterocycles. The summed E-state index contributed by atoms with van der Waals surface area (Å²) in [6, 6.07) is 3.04. The third-order valence-electron chi connectivity index (χ3n) is 4.08. The Kier molecular flexibility index (Phi) is 9.48. The molecule has 1 rings (SSSR count). The van der Waals surface area contributed by atoms with Gasteiger partial charge in [0.25, 0.3) is 0 Å². The van der Waals surface area contributed by atoms with Gasteiger partial charge in [0.05, 0.1) is 16.3 Å². The number of nitrogens with one attached hydrogen (secondary N) is 2. The van der Waals surface area contributed by atoms with Crippen LogP contribution >= 0.6 is 12.4 Å². The lowest BCUT2D eigenvalue weighted by Crippen LogP contribution is -2.52. The molecule has 11 heteroatoms. The standard InChI is InChI=1S/C15H26FN3O4S2.ClH/c1-4-9-24(20,21)18-14-8-7-12(10-13(14)16)25(22,23)19-15(5-2,6-3)11-17;/h7-8,10,18-19H,4-6,9,11,17H2,1-3H3;1H. The Balaban J connectivity index is 0.00000625. The van der Waals surface area contributed by atoms with Gasteiger partial charge in [-0.05, 0) is 37.5 Å². The molecule has 152 valence electrons. The van der Waals surface area contributed by atoms with E-state index in [4.69, 9.17) is 5.73 Å². The van der Waals surface area contributed by atoms with Crippen molar-refractivity contribution in [3.05, 3.63) is 24.0 Å². The van der Waals surface area contributed by atoms with Gasteiger partial charge in [-0.25, -0.2) is 25.9 Å². The summed E-state index contributed by atoms with van der Waals surface area (Å²) in [4.78, 5) is -0.289. The lowest BCUT2D eigenvalue weighted by molar-refractivity contribution is 0.363. The average Bonchev–Trinajstić information content (AvgIpc) is 2.54. The Morgan fingerprint density at radius 1 is 1.12 bits per heavy atom. The van der Waals surface area contributed by atoms with Crippen LogP contribution in [0.25, 0.3) is 0 Å². The van der Waals surface area contributed by atoms with Gasteiger partial charge >= 0.3 is 0 Å². The molecule has 0 atom stereocenters. The van der Waals surface area contributed by atoms with Crippen LogP contribution in [0, 0.1) is 5.82 Å². The Morgan fingerprint density at radius 2 is 1.69 bits per heavy atom. The second-order valence-corrected chi connectivity index (χ2v) is 9.38. The summed E-state index contributed by atoms with van der Waals surface area (Å²) in [7, 11) is -7.66. The van der Waals surface area contributed by atoms with Gasteiger partial charge in [0.2, 0.25) is 20.0 Å². The van der Waals surface area contributed by atoms with E-state index >= 15 is 0 Å². The monoisotopic (exact) mass is 431 g/mol. The Morgan fingerprint density at radius 3 is 2.12 bits per heavy atom. The first kappa shape index (κ1) is 25.1. The van der Waals surface area contributed by atoms with Gasteiger partial charge in [0.1, 0.15) is 5.82 Å². The average molecular weight is 432 g/mol. The summed E-state index contributed by atoms with van der Waals surface area (Å²) in [6.07, 6.45) is 1.34. The molecule has 0 radical (unpaired) electrons. The summed E-state index contributed by atoms with van der Waals surface area (Å²) in [5, 5.41) is 0. The summed E-state index contributed by atoms with van der Waals surface area (Å²) in [6.45, 7) is 5.41. The van der Waals surface area contributed by atoms with Gasteiger partial charge in [-0.3, -0.25) is 4.72 Å². The number of hydrogen-bond acceptors (Lipinski definition) is 5. The maximum Gasteiger partial charge on any atom is 0.241 e. The minimum Gasteiger partial charge on any atom is -0.329 e. The Hall–Kier alpha value is -0.940. The van der Waals surface area contributed by atoms with Gasteiger partial charge in [-0.1, -0.05) is 20.8 Å². The third kappa shape index (κ3) is 6.34. The van der Waals surface area contributed by atoms with E-state index in [0.29, 0.717) is 19.3 Å². The Bertz CT molecular complexity index is 789. The molecule has 0 aromatic heterocycles. The molecular weight excluding hydrogens is 405 g/mol. The van der Waals surface area contributed by atoms with Crippen molar-refractivity contribution in [2.45, 2.75) is 50.5 Å². The van der Waals surface area contributed by atoms with Crippen molar-refractivity contribution in [2.75, 3.05) is 17.0 Å². The predicted octanol–water partition coefficient (Wildman–Crippen LogP) is 2.20. The van der Waals surface area contributed by atoms with Crippen LogP contribution in [0.3, 0.4) is 0 Å². The van der Waals surface area contributed by atoms with Crippen molar-refractivity contribution in [3.63, 3.8) is 0 Å². The number of nitrogens with two attached hydrogens (primary N) is 1. The SMILES string of the molecule is CCCS(=O)(=O)Nc1ccc(S(=O)(=O)NC(CC)(CC)CN)cc1F.Cl. The van der Waals surface area contributed by atoms with Crippen LogP contribution in [-0.4, -0.2) is 34.7 Å². The van der Waals surface area contributed by atoms with Crippen LogP contribution in [0.4, 0.5) is 10.1 Å². The van der Waals surface area contributed by atoms with Crippen molar-refractivity contribution < 1.29 is 21.2 Å². The maximum absolute atomic E-state index is 14.2. The van der Waals surface area contributed by atoms with Gasteiger partial charge in [0, 0.05) is 12.1 Å². The number of benzene rings is 1. The zero-order valence-corrected chi connectivity index (χ0v) is 17.5. The number of anilines is 1. The van der Waals surface area contributed by atoms with Crippen LogP contribution < -0.4 is 15.2 Å². The summed E-state index contributed by atoms with van der Waals surface area (Å²) < 4.78 is 67.3. The highest BCUT2D eigenvalue weighted by Gasteiger charge is 2.31. The van der Waals surface area contributed by atoms with E-state index in [1.165, 1.54) is 0 Å². The lowest BCUT2D eigenvalue weighted by Gasteiger charge is -2.31. The number of halogens is 2. The van der Waals surface area contributed by atoms with Crippen molar-refractivity contribution in [2.24, 2.45) is 5.73 Å². The molecule has 0 aliphatic carbocycles. The molecule has 1 aromatic carbocycles. The molecule has 7 nitrogen and oxygen atoms in total. The fourth-order valence-electron chi connectivity index (χ4n) is 2.30. The molecule has 0 fully saturated rings. The second kappa shape index (κ2) is 9.84. The first-order valence-electron chi connectivity index (χ1n) is 8.08. The molecule has 0 unspecified atom stereocenters. The molecular formula is C15H27ClFN3O4S2. The largest absolute Gasteiger partial charge is 0.329 e. The molecule has 0 aliphatic heterocycles. The van der Waals surface area contributed by atoms with Crippen molar-refractivity contribution in [1.82, 2.24) is 4.72 Å². The quantitative estimate of drug-likeness (QED) is 0.524. The molecule has 0 spiro atoms. The molecule has 0 saturated heterocycles. The Labute approximate surface area is 161 Å². The van der Waals surface area contributed by atoms with E-state index in [-0.39, 0.29) is 35.3 Å². The highest BCUT2D eigenvalue weighted by atomic mass is 35.5. The van der Waals surface area contributed by atoms with Crippen LogP contribution in [0.5, 0.6) is 0 Å². The summed E-state index contributed by atoms with van der Waals surface area (Å²) >= 11 is 0. The van der Waals surface area contributed by atoms with Crippen molar-refractivity contribution in [3.8, 4) is 0 Å². The number of hydrogen-bond donors (Lipinski definition) is 3. The predicted molar refractivity (Wildman–Crippen MR) is 104 cm³/mol. The number of rotatable bonds is 10. The van der Waals surface area contributed by atoms with Crippen molar-refractivity contribution in [1.29, 1.82) is 0 Å². The first-order valence-corrected chi connectivity index (χ1v) is 11.2. The highest BCUT2D eigenvalue weighted by molar-refractivity contribution is 7.92. The van der Waals surface area contributed by atoms with E-state index in [1.54, 1.807) is 6.92 Å². The zero-order valence-electron chi connectivity index (χ0n) is 15.1. The summed E-state index contributed by atoms with van der Waals surface area (Å²) in [5.74, 6) is -1.12. The molecule has 0 amide bonds. The van der Waals surface area contributed by atoms with Gasteiger partial charge < -0.3 is 5.73 Å². The number of sulfonamides is 2. The molecule has 1 aromatic rings. The molecule has 26 heavy (non-hydrogen) atoms. The molecule has 0 bridgehead atoms. The van der Waals surface area contributed by atoms with Gasteiger partial charge in [0.15, 0.2) is 0 Å². The van der Waals surface area contributed by atoms with E-state index in [0.717, 1.165) is 18.2 Å². The minimum atomic E-state index is -3.99. The van der Waals surface area contributed by atoms with Crippen LogP contribution in [-0.2, 0) is 20.0 Å². The first-order chi connectivity index (χ1) is 11.5. The van der Waals surface area contributed by atoms with E-state index in [9.17, 15) is 21.2 Å². The topological polar surface area (TPSA) is 118 Å². The van der Waals surface area contributed by atoms with Crippen molar-refractivity contribution >= 4 is 38.1 Å². The maximum atomic E-state index is 14.2. The fraction of sp³-hybridized carbons (Fsp3) is 0.600. The van der Waals surface area contributed by atoms with E-state index < -0.39 is 31.4 Å². The van der Waals surface area contributed by atoms with Gasteiger partial charge in [-0.15, -0.1) is 12.4 Å². The van der Waals surface area contributed by atoms with Crippen LogP contribution in [0.15, 0.2) is 23.1 Å². The molecule has 4 N–H and O–H groups in total. The highest BCUT2D eigenvalue weighted by Crippen LogP contribution is 2.23. The fourth-order valence-corrected chi connectivity index (χ4v) is 5.01. The second-order valence-electron chi connectivity index (χ2n) is 5.86. The zero-order chi connectivity index (χ0) is 19.3. The smallest absolute Gasteiger partial charge is 0.241 e. The van der Waals surface area contributed by atoms with E-state index in [2.05, 4.69) is 9.44 Å².